The molecule has 0 amide bonds. The van der Waals surface area contributed by atoms with Crippen LogP contribution in [0.25, 0.3) is 11.1 Å². The first-order chi connectivity index (χ1) is 29.4. The normalized spacial score (nSPS) is 13.2. The lowest BCUT2D eigenvalue weighted by atomic mass is 9.79. The average molecular weight is 844 g/mol. The number of aryl methyl sites for hydroxylation is 1. The number of benzene rings is 6. The molecule has 6 aromatic rings. The maximum absolute atomic E-state index is 14.7. The van der Waals surface area contributed by atoms with Crippen LogP contribution in [0.3, 0.4) is 0 Å². The van der Waals surface area contributed by atoms with Crippen LogP contribution in [0.15, 0.2) is 30.3 Å². The molecule has 0 saturated carbocycles. The van der Waals surface area contributed by atoms with Crippen LogP contribution in [-0.4, -0.2) is 0 Å². The van der Waals surface area contributed by atoms with E-state index in [0.717, 1.165) is 57.8 Å². The minimum absolute atomic E-state index is 0.450. The minimum atomic E-state index is -4.55. The van der Waals surface area contributed by atoms with E-state index in [-0.39, 0.29) is 0 Å². The number of halogens is 3. The van der Waals surface area contributed by atoms with Crippen molar-refractivity contribution in [2.75, 3.05) is 9.80 Å². The Kier molecular flexibility index (Phi) is 10.4. The van der Waals surface area contributed by atoms with Crippen LogP contribution in [0.5, 0.6) is 0 Å². The van der Waals surface area contributed by atoms with E-state index in [1.54, 1.807) is 6.92 Å². The summed E-state index contributed by atoms with van der Waals surface area (Å²) in [6.45, 7) is 36.7. The summed E-state index contributed by atoms with van der Waals surface area (Å²) in [4.78, 5) is 4.65. The van der Waals surface area contributed by atoms with Gasteiger partial charge < -0.3 is 9.80 Å². The second-order valence-electron chi connectivity index (χ2n) is 18.9. The van der Waals surface area contributed by atoms with Crippen LogP contribution in [0.2, 0.25) is 0 Å². The molecular weight excluding hydrogens is 784 g/mol. The summed E-state index contributed by atoms with van der Waals surface area (Å²) in [6.07, 6.45) is -3.06. The van der Waals surface area contributed by atoms with Gasteiger partial charge in [-0.3, -0.25) is 0 Å². The molecule has 63 heavy (non-hydrogen) atoms. The predicted octanol–water partition coefficient (Wildman–Crippen LogP) is 16.2. The van der Waals surface area contributed by atoms with Gasteiger partial charge in [-0.2, -0.15) is 18.4 Å². The number of hydrogen-bond donors (Lipinski definition) is 0. The first-order valence-corrected chi connectivity index (χ1v) is 22.2. The van der Waals surface area contributed by atoms with Gasteiger partial charge in [-0.1, -0.05) is 6.07 Å². The SMILES string of the molecule is Cc1cc(-c2cc(N3c4c(C)c(C)c(C)c(C)c4Cc4c(C)c(C)c(C)c(C)c43)c(C#N)c(N3c4c(C)c(C)c(C)c(C)c4Cc4c(C)c(C)c(C)c(C)c43)c2)cc(C(F)(F)F)c1. The molecule has 0 bridgehead atoms. The van der Waals surface area contributed by atoms with Gasteiger partial charge in [0, 0.05) is 12.8 Å². The molecule has 3 nitrogen and oxygen atoms in total. The highest BCUT2D eigenvalue weighted by molar-refractivity contribution is 5.99. The molecular formula is C57H60F3N3. The predicted molar refractivity (Wildman–Crippen MR) is 257 cm³/mol. The second-order valence-corrected chi connectivity index (χ2v) is 18.9. The topological polar surface area (TPSA) is 30.3 Å². The highest BCUT2D eigenvalue weighted by Gasteiger charge is 2.39. The van der Waals surface area contributed by atoms with Crippen LogP contribution >= 0.6 is 0 Å². The van der Waals surface area contributed by atoms with Gasteiger partial charge in [0.2, 0.25) is 0 Å². The number of alkyl halides is 3. The molecule has 6 heteroatoms. The maximum atomic E-state index is 14.7. The lowest BCUT2D eigenvalue weighted by Gasteiger charge is -2.42. The van der Waals surface area contributed by atoms with Crippen molar-refractivity contribution in [2.24, 2.45) is 0 Å². The first kappa shape index (κ1) is 43.8. The molecule has 0 aromatic heterocycles. The van der Waals surface area contributed by atoms with Crippen molar-refractivity contribution in [1.82, 2.24) is 0 Å². The molecule has 324 valence electrons. The molecule has 6 aromatic carbocycles. The number of nitrogens with zero attached hydrogens (tertiary/aromatic N) is 3. The molecule has 8 rings (SSSR count). The average Bonchev–Trinajstić information content (AvgIpc) is 3.25. The van der Waals surface area contributed by atoms with Gasteiger partial charge in [-0.05, 0) is 270 Å². The Bertz CT molecular complexity index is 2770. The molecule has 0 atom stereocenters. The summed E-state index contributed by atoms with van der Waals surface area (Å²) in [6, 6.07) is 11.1. The monoisotopic (exact) mass is 843 g/mol. The first-order valence-electron chi connectivity index (χ1n) is 22.2. The van der Waals surface area contributed by atoms with Gasteiger partial charge in [-0.25, -0.2) is 0 Å². The second kappa shape index (κ2) is 14.9. The fraction of sp³-hybridized carbons (Fsp3) is 0.351. The van der Waals surface area contributed by atoms with Crippen LogP contribution in [0.1, 0.15) is 128 Å². The fourth-order valence-corrected chi connectivity index (χ4v) is 11.0. The lowest BCUT2D eigenvalue weighted by Crippen LogP contribution is -2.27. The Labute approximate surface area is 373 Å². The van der Waals surface area contributed by atoms with Crippen LogP contribution in [0.4, 0.5) is 47.3 Å². The summed E-state index contributed by atoms with van der Waals surface area (Å²) in [5.74, 6) is 0. The maximum Gasteiger partial charge on any atom is 0.416 e. The standard InChI is InChI=1S/C57H60F3N3/c1-26-18-43(20-45(19-26)57(58,59)60)44-21-51(62-53-39(14)31(6)27(2)35(10)46(53)23-47-36(11)28(3)32(7)40(15)54(47)62)50(25-61)52(22-44)63-55-41(16)33(8)29(4)37(12)48(55)24-49-38(13)30(5)34(9)42(17)56(49)63/h18-22H,23-24H2,1-17H3. The van der Waals surface area contributed by atoms with Crippen molar-refractivity contribution in [1.29, 1.82) is 5.26 Å². The summed E-state index contributed by atoms with van der Waals surface area (Å²) in [5, 5.41) is 11.9. The Morgan fingerprint density at radius 2 is 0.683 bits per heavy atom. The number of hydrogen-bond acceptors (Lipinski definition) is 3. The van der Waals surface area contributed by atoms with Gasteiger partial charge >= 0.3 is 6.18 Å². The third-order valence-electron chi connectivity index (χ3n) is 16.2. The summed E-state index contributed by atoms with van der Waals surface area (Å²) < 4.78 is 44.2. The molecule has 2 aliphatic heterocycles. The summed E-state index contributed by atoms with van der Waals surface area (Å²) in [5.41, 5.74) is 30.8. The van der Waals surface area contributed by atoms with Crippen LogP contribution < -0.4 is 9.80 Å². The van der Waals surface area contributed by atoms with Crippen molar-refractivity contribution in [2.45, 2.75) is 137 Å². The Balaban J connectivity index is 1.63. The minimum Gasteiger partial charge on any atom is -0.308 e. The number of nitriles is 1. The van der Waals surface area contributed by atoms with Gasteiger partial charge in [0.1, 0.15) is 11.6 Å². The third kappa shape index (κ3) is 6.28. The van der Waals surface area contributed by atoms with E-state index in [4.69, 9.17) is 0 Å². The molecule has 0 N–H and O–H groups in total. The number of rotatable bonds is 3. The number of anilines is 6. The molecule has 2 aliphatic rings. The molecule has 0 saturated heterocycles. The largest absolute Gasteiger partial charge is 0.416 e. The smallest absolute Gasteiger partial charge is 0.308 e. The van der Waals surface area contributed by atoms with Crippen LogP contribution in [0, 0.1) is 129 Å². The molecule has 0 spiro atoms. The van der Waals surface area contributed by atoms with E-state index < -0.39 is 11.7 Å². The van der Waals surface area contributed by atoms with E-state index in [0.29, 0.717) is 33.6 Å². The molecule has 0 fully saturated rings. The van der Waals surface area contributed by atoms with E-state index in [2.05, 4.69) is 127 Å². The lowest BCUT2D eigenvalue weighted by molar-refractivity contribution is -0.137. The van der Waals surface area contributed by atoms with Crippen molar-refractivity contribution < 1.29 is 13.2 Å². The number of fused-ring (bicyclic) bond motifs is 4. The highest BCUT2D eigenvalue weighted by Crippen LogP contribution is 2.57. The summed E-state index contributed by atoms with van der Waals surface area (Å²) >= 11 is 0. The van der Waals surface area contributed by atoms with Crippen molar-refractivity contribution in [3.63, 3.8) is 0 Å². The van der Waals surface area contributed by atoms with Crippen molar-refractivity contribution in [3.05, 3.63) is 158 Å². The zero-order valence-electron chi connectivity index (χ0n) is 40.3. The van der Waals surface area contributed by atoms with Gasteiger partial charge in [-0.15, -0.1) is 0 Å². The van der Waals surface area contributed by atoms with E-state index in [9.17, 15) is 18.4 Å². The Morgan fingerprint density at radius 3 is 0.968 bits per heavy atom. The zero-order valence-corrected chi connectivity index (χ0v) is 40.3. The van der Waals surface area contributed by atoms with Crippen molar-refractivity contribution in [3.8, 4) is 17.2 Å². The van der Waals surface area contributed by atoms with Gasteiger partial charge in [0.15, 0.2) is 0 Å². The molecule has 0 radical (unpaired) electrons. The van der Waals surface area contributed by atoms with E-state index in [1.165, 1.54) is 101 Å². The fourth-order valence-electron chi connectivity index (χ4n) is 11.0. The Morgan fingerprint density at radius 1 is 0.397 bits per heavy atom. The Hall–Kier alpha value is -5.80. The quantitative estimate of drug-likeness (QED) is 0.177. The van der Waals surface area contributed by atoms with Gasteiger partial charge in [0.25, 0.3) is 0 Å². The third-order valence-corrected chi connectivity index (χ3v) is 16.2. The molecule has 2 heterocycles. The zero-order chi connectivity index (χ0) is 46.2. The molecule has 0 aliphatic carbocycles. The molecule has 0 unspecified atom stereocenters. The van der Waals surface area contributed by atoms with Crippen LogP contribution in [-0.2, 0) is 19.0 Å². The van der Waals surface area contributed by atoms with E-state index >= 15 is 0 Å². The van der Waals surface area contributed by atoms with Gasteiger partial charge in [0.05, 0.1) is 39.7 Å². The highest BCUT2D eigenvalue weighted by atomic mass is 19.4. The van der Waals surface area contributed by atoms with E-state index in [1.807, 2.05) is 18.2 Å². The summed E-state index contributed by atoms with van der Waals surface area (Å²) in [7, 11) is 0. The van der Waals surface area contributed by atoms with Crippen molar-refractivity contribution >= 4 is 34.1 Å².